The van der Waals surface area contributed by atoms with E-state index in [1.54, 1.807) is 6.20 Å². The molecule has 0 fully saturated rings. The second-order valence-corrected chi connectivity index (χ2v) is 4.91. The van der Waals surface area contributed by atoms with Gasteiger partial charge in [0.25, 0.3) is 0 Å². The van der Waals surface area contributed by atoms with Gasteiger partial charge >= 0.3 is 5.97 Å². The van der Waals surface area contributed by atoms with E-state index in [9.17, 15) is 4.79 Å². The zero-order valence-electron chi connectivity index (χ0n) is 10.9. The molecule has 0 aliphatic carbocycles. The molecular formula is C13H20N2O2. The van der Waals surface area contributed by atoms with Gasteiger partial charge in [0, 0.05) is 23.3 Å². The number of rotatable bonds is 4. The third kappa shape index (κ3) is 3.82. The fourth-order valence-electron chi connectivity index (χ4n) is 1.68. The molecule has 0 radical (unpaired) electrons. The summed E-state index contributed by atoms with van der Waals surface area (Å²) in [7, 11) is 1.38. The van der Waals surface area contributed by atoms with Crippen molar-refractivity contribution in [2.75, 3.05) is 7.11 Å². The highest BCUT2D eigenvalue weighted by molar-refractivity contribution is 5.70. The molecule has 0 bridgehead atoms. The van der Waals surface area contributed by atoms with Gasteiger partial charge < -0.3 is 10.5 Å². The molecule has 1 unspecified atom stereocenters. The number of aryl methyl sites for hydroxylation is 1. The Morgan fingerprint density at radius 2 is 2.18 bits per heavy atom. The maximum absolute atomic E-state index is 11.4. The molecule has 0 aromatic carbocycles. The van der Waals surface area contributed by atoms with Gasteiger partial charge in [-0.15, -0.1) is 0 Å². The van der Waals surface area contributed by atoms with Crippen LogP contribution in [0.4, 0.5) is 0 Å². The SMILES string of the molecule is COC(=O)CC(c1ccc(C)cn1)C(C)(C)N. The van der Waals surface area contributed by atoms with Gasteiger partial charge in [-0.25, -0.2) is 0 Å². The summed E-state index contributed by atoms with van der Waals surface area (Å²) in [4.78, 5) is 15.7. The maximum Gasteiger partial charge on any atom is 0.306 e. The Labute approximate surface area is 102 Å². The van der Waals surface area contributed by atoms with Crippen molar-refractivity contribution in [3.63, 3.8) is 0 Å². The lowest BCUT2D eigenvalue weighted by Crippen LogP contribution is -2.40. The molecule has 1 rings (SSSR count). The monoisotopic (exact) mass is 236 g/mol. The number of hydrogen-bond donors (Lipinski definition) is 1. The van der Waals surface area contributed by atoms with Crippen molar-refractivity contribution < 1.29 is 9.53 Å². The number of methoxy groups -OCH3 is 1. The second kappa shape index (κ2) is 5.27. The van der Waals surface area contributed by atoms with Crippen LogP contribution in [0.5, 0.6) is 0 Å². The van der Waals surface area contributed by atoms with Gasteiger partial charge in [0.2, 0.25) is 0 Å². The van der Waals surface area contributed by atoms with Crippen molar-refractivity contribution in [2.45, 2.75) is 38.6 Å². The van der Waals surface area contributed by atoms with Crippen LogP contribution in [0.25, 0.3) is 0 Å². The van der Waals surface area contributed by atoms with E-state index in [1.165, 1.54) is 7.11 Å². The quantitative estimate of drug-likeness (QED) is 0.809. The third-order valence-corrected chi connectivity index (χ3v) is 2.79. The highest BCUT2D eigenvalue weighted by atomic mass is 16.5. The van der Waals surface area contributed by atoms with E-state index in [4.69, 9.17) is 10.5 Å². The number of pyridine rings is 1. The number of esters is 1. The van der Waals surface area contributed by atoms with Gasteiger partial charge in [0.1, 0.15) is 0 Å². The van der Waals surface area contributed by atoms with Crippen molar-refractivity contribution in [1.29, 1.82) is 0 Å². The van der Waals surface area contributed by atoms with Gasteiger partial charge in [-0.3, -0.25) is 9.78 Å². The molecule has 1 atom stereocenters. The van der Waals surface area contributed by atoms with Crippen molar-refractivity contribution in [3.8, 4) is 0 Å². The molecule has 0 spiro atoms. The fourth-order valence-corrected chi connectivity index (χ4v) is 1.68. The lowest BCUT2D eigenvalue weighted by molar-refractivity contribution is -0.141. The number of nitrogens with two attached hydrogens (primary N) is 1. The fraction of sp³-hybridized carbons (Fsp3) is 0.538. The number of aromatic nitrogens is 1. The molecule has 1 aromatic rings. The minimum absolute atomic E-state index is 0.143. The van der Waals surface area contributed by atoms with Crippen LogP contribution in [0.15, 0.2) is 18.3 Å². The molecule has 0 saturated heterocycles. The van der Waals surface area contributed by atoms with Gasteiger partial charge in [0.05, 0.1) is 13.5 Å². The van der Waals surface area contributed by atoms with Crippen molar-refractivity contribution in [3.05, 3.63) is 29.6 Å². The predicted octanol–water partition coefficient (Wildman–Crippen LogP) is 1.77. The number of ether oxygens (including phenoxy) is 1. The summed E-state index contributed by atoms with van der Waals surface area (Å²) in [5, 5.41) is 0. The van der Waals surface area contributed by atoms with Crippen LogP contribution in [0, 0.1) is 6.92 Å². The first-order valence-electron chi connectivity index (χ1n) is 5.63. The van der Waals surface area contributed by atoms with Crippen LogP contribution in [0.2, 0.25) is 0 Å². The van der Waals surface area contributed by atoms with Gasteiger partial charge in [-0.2, -0.15) is 0 Å². The summed E-state index contributed by atoms with van der Waals surface area (Å²) in [5.41, 5.74) is 7.50. The summed E-state index contributed by atoms with van der Waals surface area (Å²) in [6, 6.07) is 3.88. The molecule has 2 N–H and O–H groups in total. The molecule has 0 aliphatic rings. The average molecular weight is 236 g/mol. The number of hydrogen-bond acceptors (Lipinski definition) is 4. The van der Waals surface area contributed by atoms with Crippen LogP contribution in [0.1, 0.15) is 37.4 Å². The third-order valence-electron chi connectivity index (χ3n) is 2.79. The van der Waals surface area contributed by atoms with Crippen LogP contribution in [-0.4, -0.2) is 23.6 Å². The molecule has 1 aromatic heterocycles. The normalized spacial score (nSPS) is 13.2. The number of nitrogens with zero attached hydrogens (tertiary/aromatic N) is 1. The average Bonchev–Trinajstić information content (AvgIpc) is 2.25. The Morgan fingerprint density at radius 1 is 1.53 bits per heavy atom. The molecule has 0 aliphatic heterocycles. The van der Waals surface area contributed by atoms with E-state index in [0.717, 1.165) is 11.3 Å². The highest BCUT2D eigenvalue weighted by Crippen LogP contribution is 2.28. The molecule has 17 heavy (non-hydrogen) atoms. The van der Waals surface area contributed by atoms with E-state index in [0.29, 0.717) is 0 Å². The largest absolute Gasteiger partial charge is 0.469 e. The number of carbonyl (C=O) groups excluding carboxylic acids is 1. The Kier molecular flexibility index (Phi) is 4.23. The Morgan fingerprint density at radius 3 is 2.59 bits per heavy atom. The van der Waals surface area contributed by atoms with Crippen molar-refractivity contribution in [1.82, 2.24) is 4.98 Å². The molecule has 4 heteroatoms. The minimum atomic E-state index is -0.517. The van der Waals surface area contributed by atoms with Crippen LogP contribution >= 0.6 is 0 Å². The Balaban J connectivity index is 2.98. The smallest absolute Gasteiger partial charge is 0.306 e. The van der Waals surface area contributed by atoms with E-state index in [-0.39, 0.29) is 18.3 Å². The molecule has 4 nitrogen and oxygen atoms in total. The van der Waals surface area contributed by atoms with Crippen LogP contribution in [-0.2, 0) is 9.53 Å². The summed E-state index contributed by atoms with van der Waals surface area (Å²) in [6.07, 6.45) is 2.03. The van der Waals surface area contributed by atoms with Gasteiger partial charge in [-0.1, -0.05) is 6.07 Å². The minimum Gasteiger partial charge on any atom is -0.469 e. The first-order valence-corrected chi connectivity index (χ1v) is 5.63. The topological polar surface area (TPSA) is 65.2 Å². The second-order valence-electron chi connectivity index (χ2n) is 4.91. The van der Waals surface area contributed by atoms with E-state index in [1.807, 2.05) is 32.9 Å². The summed E-state index contributed by atoms with van der Waals surface area (Å²) in [6.45, 7) is 5.75. The van der Waals surface area contributed by atoms with E-state index >= 15 is 0 Å². The van der Waals surface area contributed by atoms with Crippen molar-refractivity contribution >= 4 is 5.97 Å². The highest BCUT2D eigenvalue weighted by Gasteiger charge is 2.30. The molecule has 94 valence electrons. The van der Waals surface area contributed by atoms with Crippen molar-refractivity contribution in [2.24, 2.45) is 5.73 Å². The predicted molar refractivity (Wildman–Crippen MR) is 66.6 cm³/mol. The number of carbonyl (C=O) groups is 1. The van der Waals surface area contributed by atoms with Crippen LogP contribution in [0.3, 0.4) is 0 Å². The molecule has 0 saturated carbocycles. The first-order chi connectivity index (χ1) is 7.84. The summed E-state index contributed by atoms with van der Waals surface area (Å²) >= 11 is 0. The lowest BCUT2D eigenvalue weighted by atomic mass is 9.83. The van der Waals surface area contributed by atoms with Crippen LogP contribution < -0.4 is 5.73 Å². The maximum atomic E-state index is 11.4. The summed E-state index contributed by atoms with van der Waals surface area (Å²) in [5.74, 6) is -0.411. The van der Waals surface area contributed by atoms with E-state index < -0.39 is 5.54 Å². The lowest BCUT2D eigenvalue weighted by Gasteiger charge is -2.29. The molecule has 0 amide bonds. The van der Waals surface area contributed by atoms with Gasteiger partial charge in [0.15, 0.2) is 0 Å². The molecule has 1 heterocycles. The zero-order chi connectivity index (χ0) is 13.1. The van der Waals surface area contributed by atoms with Gasteiger partial charge in [-0.05, 0) is 32.4 Å². The standard InChI is InChI=1S/C13H20N2O2/c1-9-5-6-11(15-8-9)10(13(2,3)14)7-12(16)17-4/h5-6,8,10H,7,14H2,1-4H3. The Hall–Kier alpha value is -1.42. The molecular weight excluding hydrogens is 216 g/mol. The Bertz CT molecular complexity index is 379. The first kappa shape index (κ1) is 13.6. The summed E-state index contributed by atoms with van der Waals surface area (Å²) < 4.78 is 4.70. The zero-order valence-corrected chi connectivity index (χ0v) is 10.9. The van der Waals surface area contributed by atoms with E-state index in [2.05, 4.69) is 4.98 Å².